The van der Waals surface area contributed by atoms with E-state index in [9.17, 15) is 4.79 Å². The third-order valence-electron chi connectivity index (χ3n) is 1.08. The van der Waals surface area contributed by atoms with Crippen LogP contribution in [0.4, 0.5) is 0 Å². The summed E-state index contributed by atoms with van der Waals surface area (Å²) in [5, 5.41) is 8.28. The number of halogens is 1. The minimum Gasteiger partial charge on any atom is -0.478 e. The second kappa shape index (κ2) is 3.56. The first-order valence-corrected chi connectivity index (χ1v) is 4.01. The topological polar surface area (TPSA) is 53.1 Å². The summed E-state index contributed by atoms with van der Waals surface area (Å²) in [6.07, 6.45) is 4.43. The van der Waals surface area contributed by atoms with Gasteiger partial charge in [0.05, 0.1) is 0 Å². The Morgan fingerprint density at radius 3 is 2.91 bits per heavy atom. The molecule has 58 valence electrons. The van der Waals surface area contributed by atoms with Crippen LogP contribution in [0.15, 0.2) is 18.3 Å². The van der Waals surface area contributed by atoms with E-state index in [4.69, 9.17) is 5.11 Å². The van der Waals surface area contributed by atoms with Gasteiger partial charge in [0.15, 0.2) is 0 Å². The number of nitrogens with one attached hydrogen (secondary N) is 1. The molecule has 0 saturated heterocycles. The largest absolute Gasteiger partial charge is 0.478 e. The van der Waals surface area contributed by atoms with Gasteiger partial charge < -0.3 is 10.1 Å². The zero-order valence-corrected chi connectivity index (χ0v) is 7.70. The van der Waals surface area contributed by atoms with Crippen molar-refractivity contribution >= 4 is 34.6 Å². The molecule has 4 heteroatoms. The maximum absolute atomic E-state index is 10.1. The molecule has 3 nitrogen and oxygen atoms in total. The van der Waals surface area contributed by atoms with Crippen LogP contribution in [0.2, 0.25) is 0 Å². The number of carboxylic acids is 1. The molecule has 0 spiro atoms. The first-order valence-electron chi connectivity index (χ1n) is 2.93. The standard InChI is InChI=1S/C7H6INO2/c8-5-3-6(9-4-5)1-2-7(10)11/h1-4,9H,(H,10,11). The lowest BCUT2D eigenvalue weighted by Crippen LogP contribution is -1.85. The molecule has 1 aromatic heterocycles. The van der Waals surface area contributed by atoms with Gasteiger partial charge in [-0.2, -0.15) is 0 Å². The molecule has 11 heavy (non-hydrogen) atoms. The minimum atomic E-state index is -0.936. The van der Waals surface area contributed by atoms with E-state index in [1.807, 2.05) is 12.3 Å². The average Bonchev–Trinajstić information content (AvgIpc) is 2.31. The third-order valence-corrected chi connectivity index (χ3v) is 1.70. The summed E-state index contributed by atoms with van der Waals surface area (Å²) in [5.74, 6) is -0.936. The van der Waals surface area contributed by atoms with Gasteiger partial charge in [-0.25, -0.2) is 4.79 Å². The maximum atomic E-state index is 10.1. The number of aliphatic carboxylic acids is 1. The van der Waals surface area contributed by atoms with Crippen molar-refractivity contribution in [2.24, 2.45) is 0 Å². The van der Waals surface area contributed by atoms with Crippen LogP contribution < -0.4 is 0 Å². The van der Waals surface area contributed by atoms with Crippen molar-refractivity contribution in [3.63, 3.8) is 0 Å². The number of aromatic amines is 1. The number of carboxylic acid groups (broad SMARTS) is 1. The molecule has 0 aliphatic carbocycles. The van der Waals surface area contributed by atoms with E-state index in [0.29, 0.717) is 0 Å². The summed E-state index contributed by atoms with van der Waals surface area (Å²) in [6, 6.07) is 1.86. The lowest BCUT2D eigenvalue weighted by molar-refractivity contribution is -0.131. The van der Waals surface area contributed by atoms with E-state index >= 15 is 0 Å². The van der Waals surface area contributed by atoms with Gasteiger partial charge in [-0.3, -0.25) is 0 Å². The normalized spacial score (nSPS) is 10.6. The molecule has 0 fully saturated rings. The summed E-state index contributed by atoms with van der Waals surface area (Å²) in [4.78, 5) is 13.0. The van der Waals surface area contributed by atoms with Gasteiger partial charge >= 0.3 is 5.97 Å². The Balaban J connectivity index is 2.71. The SMILES string of the molecule is O=C(O)C=Cc1cc(I)c[nH]1. The van der Waals surface area contributed by atoms with Crippen molar-refractivity contribution in [3.8, 4) is 0 Å². The van der Waals surface area contributed by atoms with Crippen LogP contribution in [0.25, 0.3) is 6.08 Å². The highest BCUT2D eigenvalue weighted by molar-refractivity contribution is 14.1. The van der Waals surface area contributed by atoms with Crippen molar-refractivity contribution in [2.75, 3.05) is 0 Å². The van der Waals surface area contributed by atoms with E-state index in [-0.39, 0.29) is 0 Å². The van der Waals surface area contributed by atoms with Gasteiger partial charge in [0, 0.05) is 21.5 Å². The van der Waals surface area contributed by atoms with Crippen LogP contribution in [0.5, 0.6) is 0 Å². The molecular formula is C7H6INO2. The summed E-state index contributed by atoms with van der Waals surface area (Å²) >= 11 is 2.15. The van der Waals surface area contributed by atoms with Crippen LogP contribution >= 0.6 is 22.6 Å². The highest BCUT2D eigenvalue weighted by atomic mass is 127. The first-order chi connectivity index (χ1) is 5.18. The fourth-order valence-corrected chi connectivity index (χ4v) is 1.13. The van der Waals surface area contributed by atoms with Crippen molar-refractivity contribution in [3.05, 3.63) is 27.6 Å². The molecule has 0 amide bonds. The predicted molar refractivity (Wildman–Crippen MR) is 50.2 cm³/mol. The van der Waals surface area contributed by atoms with Gasteiger partial charge in [-0.1, -0.05) is 0 Å². The molecule has 1 rings (SSSR count). The quantitative estimate of drug-likeness (QED) is 0.630. The fraction of sp³-hybridized carbons (Fsp3) is 0. The number of carbonyl (C=O) groups is 1. The molecule has 0 aromatic carbocycles. The molecular weight excluding hydrogens is 257 g/mol. The number of hydrogen-bond acceptors (Lipinski definition) is 1. The van der Waals surface area contributed by atoms with Gasteiger partial charge in [0.2, 0.25) is 0 Å². The molecule has 0 aliphatic heterocycles. The summed E-state index contributed by atoms with van der Waals surface area (Å²) in [6.45, 7) is 0. The zero-order valence-electron chi connectivity index (χ0n) is 5.54. The van der Waals surface area contributed by atoms with E-state index in [1.165, 1.54) is 6.08 Å². The minimum absolute atomic E-state index is 0.803. The molecule has 0 unspecified atom stereocenters. The molecule has 0 radical (unpaired) electrons. The molecule has 1 heterocycles. The summed E-state index contributed by atoms with van der Waals surface area (Å²) in [5.41, 5.74) is 0.803. The van der Waals surface area contributed by atoms with Gasteiger partial charge in [0.25, 0.3) is 0 Å². The second-order valence-corrected chi connectivity index (χ2v) is 3.19. The Bertz CT molecular complexity index is 290. The number of hydrogen-bond donors (Lipinski definition) is 2. The Morgan fingerprint density at radius 1 is 1.73 bits per heavy atom. The van der Waals surface area contributed by atoms with E-state index < -0.39 is 5.97 Å². The lowest BCUT2D eigenvalue weighted by Gasteiger charge is -1.80. The Morgan fingerprint density at radius 2 is 2.45 bits per heavy atom. The Hall–Kier alpha value is -0.780. The van der Waals surface area contributed by atoms with Crippen molar-refractivity contribution in [2.45, 2.75) is 0 Å². The smallest absolute Gasteiger partial charge is 0.328 e. The van der Waals surface area contributed by atoms with Crippen LogP contribution in [0.3, 0.4) is 0 Å². The Kier molecular flexibility index (Phi) is 2.70. The monoisotopic (exact) mass is 263 g/mol. The third kappa shape index (κ3) is 2.75. The maximum Gasteiger partial charge on any atom is 0.328 e. The Labute approximate surface area is 77.3 Å². The molecule has 0 bridgehead atoms. The molecule has 0 saturated carbocycles. The highest BCUT2D eigenvalue weighted by Gasteiger charge is 1.91. The summed E-state index contributed by atoms with van der Waals surface area (Å²) < 4.78 is 1.06. The molecule has 1 aromatic rings. The van der Waals surface area contributed by atoms with E-state index in [1.54, 1.807) is 0 Å². The van der Waals surface area contributed by atoms with Crippen LogP contribution in [0, 0.1) is 3.57 Å². The van der Waals surface area contributed by atoms with E-state index in [0.717, 1.165) is 15.3 Å². The number of aromatic nitrogens is 1. The fourth-order valence-electron chi connectivity index (χ4n) is 0.641. The highest BCUT2D eigenvalue weighted by Crippen LogP contribution is 2.07. The van der Waals surface area contributed by atoms with Crippen LogP contribution in [-0.4, -0.2) is 16.1 Å². The number of H-pyrrole nitrogens is 1. The van der Waals surface area contributed by atoms with Gasteiger partial charge in [-0.15, -0.1) is 0 Å². The molecule has 0 aliphatic rings. The molecule has 2 N–H and O–H groups in total. The van der Waals surface area contributed by atoms with Crippen LogP contribution in [-0.2, 0) is 4.79 Å². The van der Waals surface area contributed by atoms with Gasteiger partial charge in [0.1, 0.15) is 0 Å². The molecule has 0 atom stereocenters. The van der Waals surface area contributed by atoms with E-state index in [2.05, 4.69) is 27.6 Å². The number of rotatable bonds is 2. The van der Waals surface area contributed by atoms with Crippen molar-refractivity contribution in [1.82, 2.24) is 4.98 Å². The van der Waals surface area contributed by atoms with Crippen molar-refractivity contribution < 1.29 is 9.90 Å². The zero-order chi connectivity index (χ0) is 8.27. The average molecular weight is 263 g/mol. The second-order valence-electron chi connectivity index (χ2n) is 1.94. The predicted octanol–water partition coefficient (Wildman–Crippen LogP) is 1.72. The van der Waals surface area contributed by atoms with Crippen LogP contribution in [0.1, 0.15) is 5.69 Å². The first kappa shape index (κ1) is 8.32. The van der Waals surface area contributed by atoms with Gasteiger partial charge in [-0.05, 0) is 34.7 Å². The lowest BCUT2D eigenvalue weighted by atomic mass is 10.4. The van der Waals surface area contributed by atoms with Crippen molar-refractivity contribution in [1.29, 1.82) is 0 Å². The summed E-state index contributed by atoms with van der Waals surface area (Å²) in [7, 11) is 0.